The van der Waals surface area contributed by atoms with Crippen molar-refractivity contribution in [3.05, 3.63) is 53.9 Å². The highest BCUT2D eigenvalue weighted by Gasteiger charge is 2.22. The minimum Gasteiger partial charge on any atom is -0.398 e. The number of sulfonamides is 1. The highest BCUT2D eigenvalue weighted by Crippen LogP contribution is 2.24. The standard InChI is InChI=1S/C14H17N3O2S/c1-10-4-3-5-13(15)14(10)20(18,19)17-11(2)12-6-8-16-9-7-12/h3-9,11,17H,15H2,1-2H3. The number of aryl methyl sites for hydroxylation is 1. The first kappa shape index (κ1) is 14.5. The summed E-state index contributed by atoms with van der Waals surface area (Å²) < 4.78 is 27.5. The van der Waals surface area contributed by atoms with Crippen LogP contribution in [0.5, 0.6) is 0 Å². The average molecular weight is 291 g/mol. The average Bonchev–Trinajstić information content (AvgIpc) is 2.38. The van der Waals surface area contributed by atoms with Crippen LogP contribution in [-0.4, -0.2) is 13.4 Å². The number of nitrogens with one attached hydrogen (secondary N) is 1. The van der Waals surface area contributed by atoms with E-state index in [9.17, 15) is 8.42 Å². The fourth-order valence-corrected chi connectivity index (χ4v) is 3.64. The monoisotopic (exact) mass is 291 g/mol. The van der Waals surface area contributed by atoms with Gasteiger partial charge < -0.3 is 5.73 Å². The van der Waals surface area contributed by atoms with Crippen molar-refractivity contribution in [1.29, 1.82) is 0 Å². The van der Waals surface area contributed by atoms with Crippen molar-refractivity contribution < 1.29 is 8.42 Å². The fraction of sp³-hybridized carbons (Fsp3) is 0.214. The molecule has 6 heteroatoms. The molecule has 106 valence electrons. The van der Waals surface area contributed by atoms with Gasteiger partial charge in [0.25, 0.3) is 0 Å². The van der Waals surface area contributed by atoms with E-state index in [1.807, 2.05) is 0 Å². The Hall–Kier alpha value is -1.92. The van der Waals surface area contributed by atoms with Gasteiger partial charge in [-0.1, -0.05) is 12.1 Å². The molecule has 0 saturated carbocycles. The molecule has 1 atom stereocenters. The topological polar surface area (TPSA) is 85.1 Å². The summed E-state index contributed by atoms with van der Waals surface area (Å²) in [6.07, 6.45) is 3.25. The normalized spacial score (nSPS) is 13.1. The maximum atomic E-state index is 12.5. The Morgan fingerprint density at radius 3 is 2.45 bits per heavy atom. The lowest BCUT2D eigenvalue weighted by molar-refractivity contribution is 0.566. The summed E-state index contributed by atoms with van der Waals surface area (Å²) >= 11 is 0. The lowest BCUT2D eigenvalue weighted by Crippen LogP contribution is -2.28. The zero-order valence-electron chi connectivity index (χ0n) is 11.4. The van der Waals surface area contributed by atoms with Crippen molar-refractivity contribution in [3.8, 4) is 0 Å². The molecule has 3 N–H and O–H groups in total. The predicted octanol–water partition coefficient (Wildman–Crippen LogP) is 2.01. The first-order valence-corrected chi connectivity index (χ1v) is 7.67. The molecule has 1 unspecified atom stereocenters. The van der Waals surface area contributed by atoms with E-state index in [0.29, 0.717) is 5.56 Å². The van der Waals surface area contributed by atoms with Crippen molar-refractivity contribution >= 4 is 15.7 Å². The Bertz CT molecular complexity index is 679. The third kappa shape index (κ3) is 2.97. The van der Waals surface area contributed by atoms with E-state index in [0.717, 1.165) is 5.56 Å². The molecular formula is C14H17N3O2S. The molecule has 5 nitrogen and oxygen atoms in total. The summed E-state index contributed by atoms with van der Waals surface area (Å²) in [5.74, 6) is 0. The van der Waals surface area contributed by atoms with Gasteiger partial charge in [-0.05, 0) is 43.2 Å². The number of rotatable bonds is 4. The number of hydrogen-bond acceptors (Lipinski definition) is 4. The van der Waals surface area contributed by atoms with Gasteiger partial charge >= 0.3 is 0 Å². The van der Waals surface area contributed by atoms with Crippen molar-refractivity contribution in [1.82, 2.24) is 9.71 Å². The quantitative estimate of drug-likeness (QED) is 0.844. The molecular weight excluding hydrogens is 274 g/mol. The zero-order valence-corrected chi connectivity index (χ0v) is 12.2. The second-order valence-corrected chi connectivity index (χ2v) is 6.27. The van der Waals surface area contributed by atoms with Gasteiger partial charge in [0.05, 0.1) is 5.69 Å². The molecule has 0 amide bonds. The summed E-state index contributed by atoms with van der Waals surface area (Å²) in [4.78, 5) is 4.05. The van der Waals surface area contributed by atoms with Crippen LogP contribution in [0, 0.1) is 6.92 Å². The van der Waals surface area contributed by atoms with Gasteiger partial charge in [0.15, 0.2) is 0 Å². The molecule has 0 aliphatic carbocycles. The van der Waals surface area contributed by atoms with E-state index >= 15 is 0 Å². The van der Waals surface area contributed by atoms with Crippen molar-refractivity contribution in [2.24, 2.45) is 0 Å². The lowest BCUT2D eigenvalue weighted by atomic mass is 10.1. The molecule has 0 bridgehead atoms. The number of nitrogen functional groups attached to an aromatic ring is 1. The summed E-state index contributed by atoms with van der Waals surface area (Å²) in [5, 5.41) is 0. The molecule has 1 heterocycles. The molecule has 1 aromatic heterocycles. The van der Waals surface area contributed by atoms with Crippen LogP contribution in [0.3, 0.4) is 0 Å². The fourth-order valence-electron chi connectivity index (χ4n) is 2.05. The summed E-state index contributed by atoms with van der Waals surface area (Å²) in [5.41, 5.74) is 7.51. The van der Waals surface area contributed by atoms with Crippen LogP contribution in [0.4, 0.5) is 5.69 Å². The molecule has 0 aliphatic heterocycles. The van der Waals surface area contributed by atoms with Crippen LogP contribution < -0.4 is 10.5 Å². The van der Waals surface area contributed by atoms with Crippen LogP contribution in [-0.2, 0) is 10.0 Å². The van der Waals surface area contributed by atoms with Crippen LogP contribution in [0.25, 0.3) is 0 Å². The molecule has 0 radical (unpaired) electrons. The van der Waals surface area contributed by atoms with Crippen LogP contribution >= 0.6 is 0 Å². The molecule has 1 aromatic carbocycles. The highest BCUT2D eigenvalue weighted by molar-refractivity contribution is 7.89. The Labute approximate surface area is 118 Å². The number of benzene rings is 1. The van der Waals surface area contributed by atoms with E-state index in [2.05, 4.69) is 9.71 Å². The number of hydrogen-bond donors (Lipinski definition) is 2. The van der Waals surface area contributed by atoms with Gasteiger partial charge in [-0.3, -0.25) is 4.98 Å². The molecule has 0 fully saturated rings. The van der Waals surface area contributed by atoms with E-state index in [1.165, 1.54) is 0 Å². The Balaban J connectivity index is 2.33. The van der Waals surface area contributed by atoms with E-state index < -0.39 is 10.0 Å². The van der Waals surface area contributed by atoms with Crippen molar-refractivity contribution in [2.75, 3.05) is 5.73 Å². The molecule has 20 heavy (non-hydrogen) atoms. The summed E-state index contributed by atoms with van der Waals surface area (Å²) in [6, 6.07) is 8.22. The van der Waals surface area contributed by atoms with E-state index in [4.69, 9.17) is 5.73 Å². The molecule has 0 aliphatic rings. The molecule has 0 spiro atoms. The second-order valence-electron chi connectivity index (χ2n) is 4.62. The van der Waals surface area contributed by atoms with Crippen LogP contribution in [0.2, 0.25) is 0 Å². The van der Waals surface area contributed by atoms with Crippen molar-refractivity contribution in [2.45, 2.75) is 24.8 Å². The highest BCUT2D eigenvalue weighted by atomic mass is 32.2. The Morgan fingerprint density at radius 2 is 1.85 bits per heavy atom. The number of aromatic nitrogens is 1. The Kier molecular flexibility index (Phi) is 4.06. The first-order chi connectivity index (χ1) is 9.42. The van der Waals surface area contributed by atoms with Gasteiger partial charge in [-0.2, -0.15) is 0 Å². The van der Waals surface area contributed by atoms with Crippen LogP contribution in [0.1, 0.15) is 24.1 Å². The number of nitrogens with two attached hydrogens (primary N) is 1. The smallest absolute Gasteiger partial charge is 0.243 e. The maximum Gasteiger partial charge on any atom is 0.243 e. The lowest BCUT2D eigenvalue weighted by Gasteiger charge is -2.16. The minimum absolute atomic E-state index is 0.140. The largest absolute Gasteiger partial charge is 0.398 e. The van der Waals surface area contributed by atoms with Gasteiger partial charge in [0.2, 0.25) is 10.0 Å². The number of anilines is 1. The first-order valence-electron chi connectivity index (χ1n) is 6.19. The minimum atomic E-state index is -3.66. The van der Waals surface area contributed by atoms with Gasteiger partial charge in [0.1, 0.15) is 4.90 Å². The molecule has 2 rings (SSSR count). The van der Waals surface area contributed by atoms with Crippen molar-refractivity contribution in [3.63, 3.8) is 0 Å². The number of nitrogens with zero attached hydrogens (tertiary/aromatic N) is 1. The zero-order chi connectivity index (χ0) is 14.8. The molecule has 2 aromatic rings. The summed E-state index contributed by atoms with van der Waals surface area (Å²) in [7, 11) is -3.66. The predicted molar refractivity (Wildman–Crippen MR) is 78.6 cm³/mol. The number of pyridine rings is 1. The van der Waals surface area contributed by atoms with Gasteiger partial charge in [-0.15, -0.1) is 0 Å². The van der Waals surface area contributed by atoms with Gasteiger partial charge in [-0.25, -0.2) is 13.1 Å². The summed E-state index contributed by atoms with van der Waals surface area (Å²) in [6.45, 7) is 3.50. The van der Waals surface area contributed by atoms with Gasteiger partial charge in [0, 0.05) is 18.4 Å². The third-order valence-electron chi connectivity index (χ3n) is 3.05. The van der Waals surface area contributed by atoms with Crippen LogP contribution in [0.15, 0.2) is 47.6 Å². The molecule has 0 saturated heterocycles. The SMILES string of the molecule is Cc1cccc(N)c1S(=O)(=O)NC(C)c1ccncc1. The van der Waals surface area contributed by atoms with E-state index in [-0.39, 0.29) is 16.6 Å². The maximum absolute atomic E-state index is 12.5. The third-order valence-corrected chi connectivity index (χ3v) is 4.81. The second kappa shape index (κ2) is 5.60. The van der Waals surface area contributed by atoms with E-state index in [1.54, 1.807) is 56.6 Å². The Morgan fingerprint density at radius 1 is 1.20 bits per heavy atom.